The fourth-order valence-corrected chi connectivity index (χ4v) is 6.19. The van der Waals surface area contributed by atoms with Crippen LogP contribution in [0.25, 0.3) is 11.4 Å². The highest BCUT2D eigenvalue weighted by Crippen LogP contribution is 2.39. The van der Waals surface area contributed by atoms with E-state index in [4.69, 9.17) is 11.3 Å². The van der Waals surface area contributed by atoms with Crippen molar-refractivity contribution in [3.63, 3.8) is 0 Å². The summed E-state index contributed by atoms with van der Waals surface area (Å²) in [5.74, 6) is 0. The lowest BCUT2D eigenvalue weighted by molar-refractivity contribution is 0.537. The SMILES string of the molecule is C=C(N)CCCCCCCCCCCCCCNC(=C)CCC(=C)N1Cc2ccccc2/C(NP)=C(/N=N)c2ccccc21. The van der Waals surface area contributed by atoms with Crippen LogP contribution in [0.15, 0.2) is 90.5 Å². The lowest BCUT2D eigenvalue weighted by Crippen LogP contribution is -2.25. The summed E-state index contributed by atoms with van der Waals surface area (Å²) in [5.41, 5.74) is 22.2. The summed E-state index contributed by atoms with van der Waals surface area (Å²) in [5, 5.41) is 10.7. The predicted molar refractivity (Wildman–Crippen MR) is 193 cm³/mol. The predicted octanol–water partition coefficient (Wildman–Crippen LogP) is 10.2. The number of rotatable bonds is 22. The minimum atomic E-state index is 0.615. The average Bonchev–Trinajstić information content (AvgIpc) is 3.02. The zero-order valence-corrected chi connectivity index (χ0v) is 28.0. The maximum atomic E-state index is 8.02. The molecule has 0 radical (unpaired) electrons. The van der Waals surface area contributed by atoms with Gasteiger partial charge in [0.05, 0.1) is 11.4 Å². The van der Waals surface area contributed by atoms with E-state index < -0.39 is 0 Å². The first kappa shape index (κ1) is 35.1. The number of nitrogens with zero attached hydrogens (tertiary/aromatic N) is 2. The Morgan fingerprint density at radius 2 is 1.34 bits per heavy atom. The molecule has 1 heterocycles. The quantitative estimate of drug-likeness (QED) is 0.0603. The molecule has 1 aliphatic heterocycles. The van der Waals surface area contributed by atoms with Crippen molar-refractivity contribution in [2.45, 2.75) is 103 Å². The van der Waals surface area contributed by atoms with Gasteiger partial charge in [0.2, 0.25) is 0 Å². The number of nitrogens with one attached hydrogen (secondary N) is 3. The van der Waals surface area contributed by atoms with Gasteiger partial charge in [0.15, 0.2) is 0 Å². The highest BCUT2D eigenvalue weighted by Gasteiger charge is 2.24. The molecule has 5 N–H and O–H groups in total. The number of unbranched alkanes of at least 4 members (excludes halogenated alkanes) is 11. The number of hydrogen-bond acceptors (Lipinski definition) is 6. The van der Waals surface area contributed by atoms with Gasteiger partial charge in [-0.25, -0.2) is 5.53 Å². The van der Waals surface area contributed by atoms with Crippen LogP contribution in [0.5, 0.6) is 0 Å². The molecule has 2 aromatic rings. The van der Waals surface area contributed by atoms with E-state index in [0.717, 1.165) is 71.0 Å². The van der Waals surface area contributed by atoms with E-state index in [2.05, 4.69) is 73.8 Å². The van der Waals surface area contributed by atoms with Gasteiger partial charge in [-0.2, -0.15) is 5.11 Å². The Balaban J connectivity index is 1.37. The Bertz CT molecular complexity index is 1270. The fourth-order valence-electron chi connectivity index (χ4n) is 5.90. The molecule has 6 nitrogen and oxygen atoms in total. The lowest BCUT2D eigenvalue weighted by atomic mass is 9.96. The van der Waals surface area contributed by atoms with Crippen LogP contribution in [0.1, 0.15) is 113 Å². The molecule has 0 bridgehead atoms. The zero-order valence-electron chi connectivity index (χ0n) is 26.8. The summed E-state index contributed by atoms with van der Waals surface area (Å²) in [6.07, 6.45) is 18.4. The standard InChI is InChI=1S/C37H55N6P/c1-29(38)20-14-12-10-8-6-4-5-7-9-11-13-19-27-40-30(2)25-26-31(3)43-28-32-21-15-16-22-33(32)37(42-44)36(41-39)34-23-17-18-24-35(34)43/h15-18,21-24,39-40,42H,1-14,19-20,25-28,38,44H2/b37-36-,41-39?. The molecule has 0 saturated carbocycles. The van der Waals surface area contributed by atoms with Crippen molar-refractivity contribution in [1.29, 1.82) is 5.53 Å². The highest BCUT2D eigenvalue weighted by atomic mass is 31.0. The van der Waals surface area contributed by atoms with Gasteiger partial charge >= 0.3 is 0 Å². The second-order valence-corrected chi connectivity index (χ2v) is 12.3. The monoisotopic (exact) mass is 614 g/mol. The van der Waals surface area contributed by atoms with Crippen LogP contribution in [-0.4, -0.2) is 6.54 Å². The van der Waals surface area contributed by atoms with Crippen molar-refractivity contribution >= 4 is 26.5 Å². The van der Waals surface area contributed by atoms with Crippen LogP contribution >= 0.6 is 9.39 Å². The molecule has 0 spiro atoms. The molecule has 3 rings (SSSR count). The van der Waals surface area contributed by atoms with Gasteiger partial charge in [0.1, 0.15) is 5.70 Å². The molecule has 7 heteroatoms. The fraction of sp³-hybridized carbons (Fsp3) is 0.459. The minimum Gasteiger partial charge on any atom is -0.403 e. The Hall–Kier alpha value is -3.37. The van der Waals surface area contributed by atoms with E-state index in [0.29, 0.717) is 12.2 Å². The number of anilines is 1. The molecule has 2 aromatic carbocycles. The van der Waals surface area contributed by atoms with Crippen LogP contribution < -0.4 is 21.0 Å². The third-order valence-corrected chi connectivity index (χ3v) is 8.74. The first-order valence-corrected chi connectivity index (χ1v) is 17.1. The molecular formula is C37H55N6P. The second kappa shape index (κ2) is 19.8. The molecule has 238 valence electrons. The summed E-state index contributed by atoms with van der Waals surface area (Å²) < 4.78 is 0. The maximum absolute atomic E-state index is 8.02. The van der Waals surface area contributed by atoms with Crippen molar-refractivity contribution in [3.05, 3.63) is 102 Å². The molecule has 0 aromatic heterocycles. The number of hydrogen-bond donors (Lipinski definition) is 4. The molecular weight excluding hydrogens is 559 g/mol. The van der Waals surface area contributed by atoms with E-state index in [1.165, 1.54) is 77.0 Å². The molecule has 0 saturated heterocycles. The van der Waals surface area contributed by atoms with Gasteiger partial charge in [0.25, 0.3) is 0 Å². The van der Waals surface area contributed by atoms with Crippen LogP contribution in [0.3, 0.4) is 0 Å². The number of fused-ring (bicyclic) bond motifs is 2. The van der Waals surface area contributed by atoms with Gasteiger partial charge in [-0.15, -0.1) is 0 Å². The van der Waals surface area contributed by atoms with E-state index in [-0.39, 0.29) is 0 Å². The van der Waals surface area contributed by atoms with Crippen LogP contribution in [0.4, 0.5) is 5.69 Å². The first-order valence-electron chi connectivity index (χ1n) is 16.5. The van der Waals surface area contributed by atoms with E-state index in [1.54, 1.807) is 0 Å². The molecule has 1 unspecified atom stereocenters. The highest BCUT2D eigenvalue weighted by molar-refractivity contribution is 7.14. The molecule has 0 aliphatic carbocycles. The average molecular weight is 615 g/mol. The van der Waals surface area contributed by atoms with E-state index >= 15 is 0 Å². The molecule has 1 aliphatic rings. The largest absolute Gasteiger partial charge is 0.403 e. The lowest BCUT2D eigenvalue weighted by Gasteiger charge is -2.32. The number of benzene rings is 2. The van der Waals surface area contributed by atoms with Gasteiger partial charge in [-0.1, -0.05) is 126 Å². The summed E-state index contributed by atoms with van der Waals surface area (Å²) in [6.45, 7) is 14.2. The smallest absolute Gasteiger partial charge is 0.118 e. The maximum Gasteiger partial charge on any atom is 0.118 e. The zero-order chi connectivity index (χ0) is 31.6. The van der Waals surface area contributed by atoms with Crippen LogP contribution in [-0.2, 0) is 6.54 Å². The molecule has 0 amide bonds. The van der Waals surface area contributed by atoms with Crippen LogP contribution in [0, 0.1) is 5.53 Å². The topological polar surface area (TPSA) is 89.5 Å². The van der Waals surface area contributed by atoms with Crippen molar-refractivity contribution in [2.24, 2.45) is 10.8 Å². The Labute approximate surface area is 269 Å². The molecule has 44 heavy (non-hydrogen) atoms. The molecule has 0 fully saturated rings. The Kier molecular flexibility index (Phi) is 15.8. The summed E-state index contributed by atoms with van der Waals surface area (Å²) in [7, 11) is 2.57. The first-order chi connectivity index (χ1) is 21.5. The minimum absolute atomic E-state index is 0.615. The summed E-state index contributed by atoms with van der Waals surface area (Å²) >= 11 is 0. The molecule has 1 atom stereocenters. The summed E-state index contributed by atoms with van der Waals surface area (Å²) in [6, 6.07) is 16.5. The van der Waals surface area contributed by atoms with Crippen molar-refractivity contribution < 1.29 is 0 Å². The van der Waals surface area contributed by atoms with Gasteiger partial charge < -0.3 is 21.0 Å². The van der Waals surface area contributed by atoms with Crippen molar-refractivity contribution in [1.82, 2.24) is 10.4 Å². The second-order valence-electron chi connectivity index (χ2n) is 12.0. The van der Waals surface area contributed by atoms with Gasteiger partial charge in [-0.3, -0.25) is 0 Å². The third-order valence-electron chi connectivity index (χ3n) is 8.45. The Morgan fingerprint density at radius 1 is 0.773 bits per heavy atom. The van der Waals surface area contributed by atoms with Crippen molar-refractivity contribution in [2.75, 3.05) is 11.4 Å². The van der Waals surface area contributed by atoms with Gasteiger partial charge in [0, 0.05) is 41.3 Å². The van der Waals surface area contributed by atoms with Gasteiger partial charge in [-0.05, 0) is 53.1 Å². The third kappa shape index (κ3) is 11.3. The number of allylic oxidation sites excluding steroid dienone is 3. The number of para-hydroxylation sites is 1. The normalized spacial score (nSPS) is 14.2. The summed E-state index contributed by atoms with van der Waals surface area (Å²) in [4.78, 5) is 2.27. The van der Waals surface area contributed by atoms with E-state index in [1.807, 2.05) is 24.3 Å². The Morgan fingerprint density at radius 3 is 1.95 bits per heavy atom. The van der Waals surface area contributed by atoms with E-state index in [9.17, 15) is 0 Å². The number of nitrogens with two attached hydrogens (primary N) is 1. The van der Waals surface area contributed by atoms with Crippen LogP contribution in [0.2, 0.25) is 0 Å². The van der Waals surface area contributed by atoms with Crippen molar-refractivity contribution in [3.8, 4) is 0 Å².